The van der Waals surface area contributed by atoms with Crippen LogP contribution in [0.5, 0.6) is 5.88 Å². The molecule has 1 fully saturated rings. The highest BCUT2D eigenvalue weighted by atomic mass is 35.5. The summed E-state index contributed by atoms with van der Waals surface area (Å²) in [7, 11) is 1.54. The van der Waals surface area contributed by atoms with Gasteiger partial charge in [0.1, 0.15) is 0 Å². The van der Waals surface area contributed by atoms with E-state index in [1.165, 1.54) is 0 Å². The lowest BCUT2D eigenvalue weighted by Gasteiger charge is -2.17. The summed E-state index contributed by atoms with van der Waals surface area (Å²) in [6.07, 6.45) is 3.20. The van der Waals surface area contributed by atoms with Gasteiger partial charge in [-0.2, -0.15) is 4.98 Å². The summed E-state index contributed by atoms with van der Waals surface area (Å²) < 4.78 is 31.1. The molecule has 202 valence electrons. The number of pyridine rings is 1. The Labute approximate surface area is 237 Å². The Kier molecular flexibility index (Phi) is 7.73. The average molecular weight is 587 g/mol. The minimum atomic E-state index is -1.96. The van der Waals surface area contributed by atoms with Gasteiger partial charge in [0.15, 0.2) is 16.9 Å². The van der Waals surface area contributed by atoms with E-state index in [0.29, 0.717) is 44.5 Å². The molecule has 2 heterocycles. The maximum Gasteiger partial charge on any atom is 0.259 e. The largest absolute Gasteiger partial charge is 0.481 e. The molecule has 12 heteroatoms. The molecule has 2 unspecified atom stereocenters. The van der Waals surface area contributed by atoms with Crippen LogP contribution in [-0.2, 0) is 27.7 Å². The lowest BCUT2D eigenvalue weighted by Crippen LogP contribution is -2.16. The third kappa shape index (κ3) is 5.69. The average Bonchev–Trinajstić information content (AvgIpc) is 3.54. The smallest absolute Gasteiger partial charge is 0.259 e. The van der Waals surface area contributed by atoms with Crippen LogP contribution >= 0.6 is 23.2 Å². The van der Waals surface area contributed by atoms with Crippen LogP contribution in [-0.4, -0.2) is 36.9 Å². The van der Waals surface area contributed by atoms with Crippen molar-refractivity contribution in [3.05, 3.63) is 87.3 Å². The molecule has 2 N–H and O–H groups in total. The van der Waals surface area contributed by atoms with E-state index >= 15 is 0 Å². The predicted octanol–water partition coefficient (Wildman–Crippen LogP) is 5.99. The van der Waals surface area contributed by atoms with Crippen molar-refractivity contribution in [2.75, 3.05) is 12.4 Å². The number of carbonyl (C=O) groups excluding carboxylic acids is 1. The van der Waals surface area contributed by atoms with Crippen LogP contribution in [0.4, 0.5) is 5.69 Å². The van der Waals surface area contributed by atoms with Crippen molar-refractivity contribution in [3.8, 4) is 17.3 Å². The lowest BCUT2D eigenvalue weighted by molar-refractivity contribution is -0.115. The third-order valence-electron chi connectivity index (χ3n) is 6.72. The van der Waals surface area contributed by atoms with E-state index in [0.717, 1.165) is 24.0 Å². The van der Waals surface area contributed by atoms with E-state index in [-0.39, 0.29) is 12.3 Å². The monoisotopic (exact) mass is 586 g/mol. The molecule has 0 aliphatic heterocycles. The second kappa shape index (κ2) is 11.1. The van der Waals surface area contributed by atoms with E-state index in [2.05, 4.69) is 20.4 Å². The first-order valence-corrected chi connectivity index (χ1v) is 14.0. The third-order valence-corrected chi connectivity index (χ3v) is 8.19. The molecule has 5 rings (SSSR count). The Morgan fingerprint density at radius 2 is 1.87 bits per heavy atom. The van der Waals surface area contributed by atoms with Crippen LogP contribution in [0.25, 0.3) is 11.5 Å². The number of nitrogens with zero attached hydrogens (tertiary/aromatic N) is 3. The van der Waals surface area contributed by atoms with E-state index < -0.39 is 21.7 Å². The van der Waals surface area contributed by atoms with Crippen LogP contribution in [0.1, 0.15) is 47.5 Å². The molecule has 0 saturated heterocycles. The number of hydrogen-bond donors (Lipinski definition) is 2. The van der Waals surface area contributed by atoms with E-state index in [9.17, 15) is 13.6 Å². The molecule has 2 aromatic heterocycles. The number of hydrogen-bond acceptors (Lipinski definition) is 7. The van der Waals surface area contributed by atoms with Gasteiger partial charge in [0.2, 0.25) is 11.8 Å². The first-order valence-electron chi connectivity index (χ1n) is 12.0. The molecule has 2 aromatic carbocycles. The Balaban J connectivity index is 1.30. The molecule has 1 saturated carbocycles. The minimum absolute atomic E-state index is 0.115. The molecule has 39 heavy (non-hydrogen) atoms. The van der Waals surface area contributed by atoms with Crippen molar-refractivity contribution in [1.82, 2.24) is 15.1 Å². The predicted molar refractivity (Wildman–Crippen MR) is 149 cm³/mol. The molecule has 0 bridgehead atoms. The molecule has 4 aromatic rings. The van der Waals surface area contributed by atoms with Crippen molar-refractivity contribution in [2.45, 2.75) is 36.9 Å². The highest BCUT2D eigenvalue weighted by molar-refractivity contribution is 7.79. The molecule has 0 spiro atoms. The summed E-state index contributed by atoms with van der Waals surface area (Å²) in [4.78, 5) is 21.5. The zero-order chi connectivity index (χ0) is 27.7. The zero-order valence-corrected chi connectivity index (χ0v) is 23.3. The quantitative estimate of drug-likeness (QED) is 0.229. The summed E-state index contributed by atoms with van der Waals surface area (Å²) in [5.41, 5.74) is 2.72. The second-order valence-corrected chi connectivity index (χ2v) is 11.4. The summed E-state index contributed by atoms with van der Waals surface area (Å²) in [5, 5.41) is 7.32. The van der Waals surface area contributed by atoms with Crippen molar-refractivity contribution in [2.24, 2.45) is 0 Å². The van der Waals surface area contributed by atoms with E-state index in [1.54, 1.807) is 68.8 Å². The van der Waals surface area contributed by atoms with E-state index in [1.807, 2.05) is 0 Å². The van der Waals surface area contributed by atoms with Gasteiger partial charge in [-0.25, -0.2) is 9.19 Å². The number of aromatic nitrogens is 3. The molecule has 0 radical (unpaired) electrons. The van der Waals surface area contributed by atoms with Crippen molar-refractivity contribution in [1.29, 1.82) is 0 Å². The number of amides is 1. The summed E-state index contributed by atoms with van der Waals surface area (Å²) in [6.45, 7) is 1.66. The fourth-order valence-corrected chi connectivity index (χ4v) is 5.63. The first-order chi connectivity index (χ1) is 18.7. The Hall–Kier alpha value is -3.31. The van der Waals surface area contributed by atoms with Gasteiger partial charge in [-0.1, -0.05) is 52.6 Å². The standard InChI is InChI=1S/C27H24Cl2N4O5S/c1-15(39(35)36)17-5-3-16(4-6-17)11-22(34)31-19-12-20(28)24(21(29)13-19)27(9-10-27)26-32-25(38-33-26)18-7-8-23(37-2)30-14-18/h3-8,12-15H,9-11H2,1-2H3,(H,31,34)(H,35,36). The van der Waals surface area contributed by atoms with E-state index in [4.69, 9.17) is 32.5 Å². The number of ether oxygens (including phenoxy) is 1. The summed E-state index contributed by atoms with van der Waals surface area (Å²) in [5.74, 6) is 1.04. The first kappa shape index (κ1) is 27.3. The molecule has 1 aliphatic carbocycles. The SMILES string of the molecule is COc1ccc(-c2nc(C3(c4c(Cl)cc(NC(=O)Cc5ccc(C(C)S(=O)O)cc5)cc4Cl)CC3)no2)cn1. The van der Waals surface area contributed by atoms with Crippen LogP contribution in [0.3, 0.4) is 0 Å². The van der Waals surface area contributed by atoms with Crippen LogP contribution < -0.4 is 10.1 Å². The van der Waals surface area contributed by atoms with Gasteiger partial charge in [-0.15, -0.1) is 0 Å². The van der Waals surface area contributed by atoms with Gasteiger partial charge in [0.25, 0.3) is 5.89 Å². The molecule has 1 amide bonds. The van der Waals surface area contributed by atoms with Gasteiger partial charge >= 0.3 is 0 Å². The number of methoxy groups -OCH3 is 1. The highest BCUT2D eigenvalue weighted by Gasteiger charge is 2.52. The Morgan fingerprint density at radius 3 is 2.44 bits per heavy atom. The molecular weight excluding hydrogens is 563 g/mol. The van der Waals surface area contributed by atoms with Gasteiger partial charge in [-0.05, 0) is 49.1 Å². The van der Waals surface area contributed by atoms with Gasteiger partial charge in [-0.3, -0.25) is 4.79 Å². The minimum Gasteiger partial charge on any atom is -0.481 e. The highest BCUT2D eigenvalue weighted by Crippen LogP contribution is 2.57. The van der Waals surface area contributed by atoms with Gasteiger partial charge in [0, 0.05) is 33.6 Å². The maximum absolute atomic E-state index is 12.7. The number of benzene rings is 2. The number of rotatable bonds is 9. The molecule has 9 nitrogen and oxygen atoms in total. The van der Waals surface area contributed by atoms with Crippen LogP contribution in [0.15, 0.2) is 59.3 Å². The normalized spacial score (nSPS) is 15.4. The van der Waals surface area contributed by atoms with Crippen molar-refractivity contribution < 1.29 is 22.8 Å². The fraction of sp³-hybridized carbons (Fsp3) is 0.259. The maximum atomic E-state index is 12.7. The van der Waals surface area contributed by atoms with Crippen LogP contribution in [0.2, 0.25) is 10.0 Å². The molecule has 1 aliphatic rings. The number of halogens is 2. The summed E-state index contributed by atoms with van der Waals surface area (Å²) in [6, 6.07) is 13.8. The topological polar surface area (TPSA) is 127 Å². The molecular formula is C27H24Cl2N4O5S. The second-order valence-electron chi connectivity index (χ2n) is 9.29. The summed E-state index contributed by atoms with van der Waals surface area (Å²) >= 11 is 11.4. The van der Waals surface area contributed by atoms with Gasteiger partial charge in [0.05, 0.1) is 29.8 Å². The molecule has 2 atom stereocenters. The van der Waals surface area contributed by atoms with Crippen molar-refractivity contribution in [3.63, 3.8) is 0 Å². The number of nitrogens with one attached hydrogen (secondary N) is 1. The number of carbonyl (C=O) groups is 1. The number of anilines is 1. The Morgan fingerprint density at radius 1 is 1.18 bits per heavy atom. The lowest BCUT2D eigenvalue weighted by atomic mass is 9.94. The van der Waals surface area contributed by atoms with Gasteiger partial charge < -0.3 is 19.1 Å². The van der Waals surface area contributed by atoms with Crippen LogP contribution in [0, 0.1) is 0 Å². The van der Waals surface area contributed by atoms with Crippen molar-refractivity contribution >= 4 is 45.9 Å². The Bertz CT molecular complexity index is 1520. The zero-order valence-electron chi connectivity index (χ0n) is 21.0. The fourth-order valence-electron chi connectivity index (χ4n) is 4.39.